The molecule has 0 aliphatic rings. The van der Waals surface area contributed by atoms with Gasteiger partial charge in [0, 0.05) is 5.97 Å². The van der Waals surface area contributed by atoms with E-state index in [0.29, 0.717) is 0 Å². The van der Waals surface area contributed by atoms with Crippen molar-refractivity contribution in [1.29, 1.82) is 0 Å². The van der Waals surface area contributed by atoms with Crippen molar-refractivity contribution in [1.82, 2.24) is 0 Å². The van der Waals surface area contributed by atoms with Crippen molar-refractivity contribution >= 4 is 106 Å². The van der Waals surface area contributed by atoms with Gasteiger partial charge in [0.1, 0.15) is 92.7 Å². The molecule has 0 spiro atoms. The molecule has 0 atom stereocenters. The molecule has 0 saturated carbocycles. The second kappa shape index (κ2) is 37.0. The van der Waals surface area contributed by atoms with E-state index in [1.807, 2.05) is 0 Å². The normalized spacial score (nSPS) is 11.1. The van der Waals surface area contributed by atoms with Crippen molar-refractivity contribution < 1.29 is 29.1 Å². The van der Waals surface area contributed by atoms with E-state index in [2.05, 4.69) is 392 Å². The summed E-state index contributed by atoms with van der Waals surface area (Å²) in [4.78, 5) is 34.5. The molecule has 0 aliphatic heterocycles. The van der Waals surface area contributed by atoms with Crippen molar-refractivity contribution in [2.45, 2.75) is 34.6 Å². The van der Waals surface area contributed by atoms with Gasteiger partial charge in [0.15, 0.2) is 0 Å². The lowest BCUT2D eigenvalue weighted by molar-refractivity contribution is -0.432. The number of phosphoric acid groups is 1. The highest BCUT2D eigenvalue weighted by molar-refractivity contribution is 7.97. The minimum atomic E-state index is -5.39. The maximum Gasteiger partial charge on any atom is 0.111 e. The van der Waals surface area contributed by atoms with Crippen LogP contribution in [0.5, 0.6) is 0 Å². The van der Waals surface area contributed by atoms with E-state index >= 15 is 0 Å². The maximum atomic E-state index is 8.89. The van der Waals surface area contributed by atoms with Crippen LogP contribution in [0.4, 0.5) is 0 Å². The van der Waals surface area contributed by atoms with Gasteiger partial charge in [0.05, 0.1) is 24.6 Å². The highest BCUT2D eigenvalue weighted by Gasteiger charge is 2.46. The van der Waals surface area contributed by atoms with Gasteiger partial charge in [0.2, 0.25) is 0 Å². The second-order valence-electron chi connectivity index (χ2n) is 21.5. The van der Waals surface area contributed by atoms with Gasteiger partial charge in [-0.1, -0.05) is 218 Å². The highest BCUT2D eigenvalue weighted by atomic mass is 31.2. The fourth-order valence-corrected chi connectivity index (χ4v) is 28.3. The molecule has 0 amide bonds. The van der Waals surface area contributed by atoms with Crippen LogP contribution in [0, 0.1) is 0 Å². The largest absolute Gasteiger partial charge is 0.822 e. The Bertz CT molecular complexity index is 3130. The summed E-state index contributed by atoms with van der Waals surface area (Å²) >= 11 is 0. The van der Waals surface area contributed by atoms with Gasteiger partial charge >= 0.3 is 0 Å². The number of carboxylic acid groups (broad SMARTS) is 1. The average molecular weight is 1320 g/mol. The third kappa shape index (κ3) is 19.1. The fourth-order valence-electron chi connectivity index (χ4n) is 12.2. The predicted octanol–water partition coefficient (Wildman–Crippen LogP) is 11.9. The Morgan fingerprint density at radius 1 is 0.237 bits per heavy atom. The highest BCUT2D eigenvalue weighted by Crippen LogP contribution is 2.57. The molecule has 11 heteroatoms. The van der Waals surface area contributed by atoms with Gasteiger partial charge in [0.25, 0.3) is 0 Å². The van der Waals surface area contributed by atoms with Gasteiger partial charge in [-0.3, -0.25) is 0 Å². The lowest BCUT2D eigenvalue weighted by atomic mass is 10.4. The van der Waals surface area contributed by atoms with Crippen molar-refractivity contribution in [3.63, 3.8) is 0 Å². The Hall–Kier alpha value is -8.06. The van der Waals surface area contributed by atoms with Crippen molar-refractivity contribution in [2.24, 2.45) is 0 Å². The first kappa shape index (κ1) is 72.4. The molecule has 93 heavy (non-hydrogen) atoms. The van der Waals surface area contributed by atoms with Crippen LogP contribution >= 0.6 is 36.9 Å². The standard InChI is InChI=1S/4C20H20P.C2H4O2.H3O4P/c4*1-2-21(18-12-6-3-7-13-18,19-14-8-4-9-15-19)20-16-10-5-11-17-20;1-2(3)4;1-5(2,3)4/h4*3-17H,2H2,1H3;1H3,(H,3,4);(H3,1,2,3,4)/q4*+1;;/p-4. The first-order valence-corrected chi connectivity index (χ1v) is 40.7. The van der Waals surface area contributed by atoms with Crippen LogP contribution in [-0.4, -0.2) is 30.6 Å². The zero-order chi connectivity index (χ0) is 66.3. The molecule has 0 radical (unpaired) electrons. The Labute approximate surface area is 555 Å². The maximum absolute atomic E-state index is 8.89. The minimum Gasteiger partial charge on any atom is -0.822 e. The summed E-state index contributed by atoms with van der Waals surface area (Å²) in [6, 6.07) is 132. The molecule has 472 valence electrons. The zero-order valence-corrected chi connectivity index (χ0v) is 58.1. The number of carbonyl (C=O) groups is 1. The topological polar surface area (TPSA) is 126 Å². The lowest BCUT2D eigenvalue weighted by Crippen LogP contribution is -2.32. The molecule has 12 aromatic rings. The number of rotatable bonds is 16. The van der Waals surface area contributed by atoms with Gasteiger partial charge in [-0.15, -0.1) is 0 Å². The van der Waals surface area contributed by atoms with Crippen LogP contribution in [0.2, 0.25) is 0 Å². The third-order valence-corrected chi connectivity index (χ3v) is 34.2. The molecule has 12 rings (SSSR count). The minimum absolute atomic E-state index is 0.972. The molecule has 0 unspecified atom stereocenters. The summed E-state index contributed by atoms with van der Waals surface area (Å²) in [7, 11) is -11.5. The molecular weight excluding hydrogens is 1240 g/mol. The van der Waals surface area contributed by atoms with Crippen molar-refractivity contribution in [3.8, 4) is 0 Å². The Kier molecular flexibility index (Phi) is 28.8. The smallest absolute Gasteiger partial charge is 0.111 e. The average Bonchev–Trinajstić information content (AvgIpc) is 0.802. The van der Waals surface area contributed by atoms with Gasteiger partial charge in [-0.25, -0.2) is 0 Å². The lowest BCUT2D eigenvalue weighted by Gasteiger charge is -2.36. The quantitative estimate of drug-likeness (QED) is 0.0887. The van der Waals surface area contributed by atoms with Crippen LogP contribution in [0.25, 0.3) is 0 Å². The van der Waals surface area contributed by atoms with E-state index in [-0.39, 0.29) is 0 Å². The van der Waals surface area contributed by atoms with E-state index in [1.54, 1.807) is 0 Å². The SMILES string of the molecule is CC(=O)[O-].CC[P+](c1ccccc1)(c1ccccc1)c1ccccc1.CC[P+](c1ccccc1)(c1ccccc1)c1ccccc1.CC[P+](c1ccccc1)(c1ccccc1)c1ccccc1.CC[P+](c1ccccc1)(c1ccccc1)c1ccccc1.O=P([O-])([O-])[O-]. The summed E-state index contributed by atoms with van der Waals surface area (Å²) in [5, 5.41) is 26.4. The fraction of sp³-hybridized carbons (Fsp3) is 0.110. The number of carboxylic acids is 1. The molecule has 12 aromatic carbocycles. The Morgan fingerprint density at radius 2 is 0.301 bits per heavy atom. The molecule has 0 N–H and O–H groups in total. The molecule has 0 fully saturated rings. The molecule has 0 bridgehead atoms. The van der Waals surface area contributed by atoms with E-state index in [4.69, 9.17) is 29.1 Å². The summed E-state index contributed by atoms with van der Waals surface area (Å²) in [6.45, 7) is 10.3. The predicted molar refractivity (Wildman–Crippen MR) is 401 cm³/mol. The monoisotopic (exact) mass is 1320 g/mol. The number of benzene rings is 12. The zero-order valence-electron chi connectivity index (χ0n) is 53.7. The Balaban J connectivity index is 0.000000168. The van der Waals surface area contributed by atoms with Crippen LogP contribution in [-0.2, 0) is 9.36 Å². The van der Waals surface area contributed by atoms with E-state index < -0.39 is 42.8 Å². The van der Waals surface area contributed by atoms with E-state index in [9.17, 15) is 0 Å². The van der Waals surface area contributed by atoms with Crippen molar-refractivity contribution in [2.75, 3.05) is 24.6 Å². The van der Waals surface area contributed by atoms with E-state index in [1.165, 1.54) is 63.7 Å². The molecular formula is C82H83O6P5. The third-order valence-electron chi connectivity index (χ3n) is 16.3. The number of carbonyl (C=O) groups excluding carboxylic acids is 1. The summed E-state index contributed by atoms with van der Waals surface area (Å²) in [6.07, 6.45) is 4.58. The van der Waals surface area contributed by atoms with Crippen molar-refractivity contribution in [3.05, 3.63) is 364 Å². The summed E-state index contributed by atoms with van der Waals surface area (Å²) in [5.74, 6) is -1.08. The first-order chi connectivity index (χ1) is 45.2. The van der Waals surface area contributed by atoms with Crippen LogP contribution < -0.4 is 83.4 Å². The number of hydrogen-bond donors (Lipinski definition) is 0. The number of aliphatic carboxylic acids is 1. The Morgan fingerprint density at radius 3 is 0.355 bits per heavy atom. The van der Waals surface area contributed by atoms with Crippen LogP contribution in [0.15, 0.2) is 364 Å². The molecule has 6 nitrogen and oxygen atoms in total. The second-order valence-corrected chi connectivity index (χ2v) is 37.6. The number of hydrogen-bond acceptors (Lipinski definition) is 6. The van der Waals surface area contributed by atoms with Gasteiger partial charge in [-0.05, 0) is 180 Å². The van der Waals surface area contributed by atoms with Crippen LogP contribution in [0.3, 0.4) is 0 Å². The molecule has 0 saturated heterocycles. The molecule has 0 heterocycles. The van der Waals surface area contributed by atoms with Gasteiger partial charge in [-0.2, -0.15) is 7.82 Å². The summed E-state index contributed by atoms with van der Waals surface area (Å²) in [5.41, 5.74) is 0. The summed E-state index contributed by atoms with van der Waals surface area (Å²) < 4.78 is 8.55. The first-order valence-electron chi connectivity index (χ1n) is 31.3. The molecule has 0 aliphatic carbocycles. The van der Waals surface area contributed by atoms with E-state index in [0.717, 1.165) is 31.6 Å². The van der Waals surface area contributed by atoms with Crippen LogP contribution in [0.1, 0.15) is 34.6 Å². The molecule has 0 aromatic heterocycles. The van der Waals surface area contributed by atoms with Gasteiger partial charge < -0.3 is 29.1 Å².